The first kappa shape index (κ1) is 16.1. The van der Waals surface area contributed by atoms with Crippen molar-refractivity contribution < 1.29 is 19.4 Å². The van der Waals surface area contributed by atoms with Gasteiger partial charge >= 0.3 is 12.0 Å². The second kappa shape index (κ2) is 7.59. The number of carbonyl (C=O) groups excluding carboxylic acids is 1. The number of rotatable bonds is 7. The van der Waals surface area contributed by atoms with E-state index in [1.807, 2.05) is 13.2 Å². The van der Waals surface area contributed by atoms with E-state index in [2.05, 4.69) is 10.6 Å². The molecule has 0 bridgehead atoms. The number of carbonyl (C=O) groups is 2. The Hall–Kier alpha value is -0.950. The molecule has 110 valence electrons. The third kappa shape index (κ3) is 5.69. The maximum atomic E-state index is 11.7. The zero-order chi connectivity index (χ0) is 14.3. The number of amides is 2. The molecule has 6 nitrogen and oxygen atoms in total. The summed E-state index contributed by atoms with van der Waals surface area (Å²) >= 11 is 1.55. The Labute approximate surface area is 117 Å². The van der Waals surface area contributed by atoms with E-state index in [-0.39, 0.29) is 5.60 Å². The quantitative estimate of drug-likeness (QED) is 0.652. The maximum Gasteiger partial charge on any atom is 0.326 e. The highest BCUT2D eigenvalue weighted by atomic mass is 32.2. The van der Waals surface area contributed by atoms with Crippen LogP contribution in [0.4, 0.5) is 4.79 Å². The van der Waals surface area contributed by atoms with Crippen LogP contribution in [0.3, 0.4) is 0 Å². The number of urea groups is 1. The number of hydrogen-bond donors (Lipinski definition) is 3. The average Bonchev–Trinajstić information content (AvgIpc) is 2.79. The van der Waals surface area contributed by atoms with E-state index in [4.69, 9.17) is 9.84 Å². The average molecular weight is 290 g/mol. The first-order valence-electron chi connectivity index (χ1n) is 6.37. The van der Waals surface area contributed by atoms with E-state index < -0.39 is 18.0 Å². The largest absolute Gasteiger partial charge is 0.480 e. The summed E-state index contributed by atoms with van der Waals surface area (Å²) in [6.45, 7) is 3.06. The molecule has 1 fully saturated rings. The highest BCUT2D eigenvalue weighted by Crippen LogP contribution is 2.23. The Bertz CT molecular complexity index is 319. The highest BCUT2D eigenvalue weighted by molar-refractivity contribution is 7.98. The number of ether oxygens (including phenoxy) is 1. The topological polar surface area (TPSA) is 87.7 Å². The Morgan fingerprint density at radius 1 is 1.53 bits per heavy atom. The van der Waals surface area contributed by atoms with Crippen LogP contribution in [-0.4, -0.2) is 53.9 Å². The molecule has 3 N–H and O–H groups in total. The third-order valence-electron chi connectivity index (χ3n) is 3.14. The van der Waals surface area contributed by atoms with Gasteiger partial charge in [0.2, 0.25) is 0 Å². The molecule has 2 atom stereocenters. The van der Waals surface area contributed by atoms with Crippen LogP contribution >= 0.6 is 11.8 Å². The van der Waals surface area contributed by atoms with Crippen molar-refractivity contribution in [2.75, 3.05) is 25.2 Å². The standard InChI is InChI=1S/C12H22N2O4S/c1-12(5-3-6-18-12)8-13-11(17)14-9(10(15)16)4-7-19-2/h9H,3-8H2,1-2H3,(H,15,16)(H2,13,14,17)/t9-,12?/m1/s1. The number of carboxylic acid groups (broad SMARTS) is 1. The molecular formula is C12H22N2O4S. The van der Waals surface area contributed by atoms with Crippen molar-refractivity contribution in [2.24, 2.45) is 0 Å². The summed E-state index contributed by atoms with van der Waals surface area (Å²) < 4.78 is 5.55. The summed E-state index contributed by atoms with van der Waals surface area (Å²) in [7, 11) is 0. The summed E-state index contributed by atoms with van der Waals surface area (Å²) in [6.07, 6.45) is 4.21. The van der Waals surface area contributed by atoms with Crippen molar-refractivity contribution in [1.82, 2.24) is 10.6 Å². The third-order valence-corrected chi connectivity index (χ3v) is 3.78. The molecule has 0 aliphatic carbocycles. The monoisotopic (exact) mass is 290 g/mol. The lowest BCUT2D eigenvalue weighted by Crippen LogP contribution is -2.49. The van der Waals surface area contributed by atoms with Crippen LogP contribution in [0.15, 0.2) is 0 Å². The predicted molar refractivity (Wildman–Crippen MR) is 74.5 cm³/mol. The molecule has 0 spiro atoms. The minimum absolute atomic E-state index is 0.324. The van der Waals surface area contributed by atoms with Gasteiger partial charge in [-0.25, -0.2) is 9.59 Å². The summed E-state index contributed by atoms with van der Waals surface area (Å²) in [5, 5.41) is 14.2. The molecule has 1 rings (SSSR count). The second-order valence-corrected chi connectivity index (χ2v) is 5.89. The van der Waals surface area contributed by atoms with Crippen molar-refractivity contribution in [3.8, 4) is 0 Å². The van der Waals surface area contributed by atoms with E-state index in [1.54, 1.807) is 11.8 Å². The van der Waals surface area contributed by atoms with Crippen LogP contribution in [-0.2, 0) is 9.53 Å². The molecule has 1 saturated heterocycles. The van der Waals surface area contributed by atoms with Crippen LogP contribution in [0.5, 0.6) is 0 Å². The second-order valence-electron chi connectivity index (χ2n) is 4.90. The van der Waals surface area contributed by atoms with Crippen LogP contribution in [0, 0.1) is 0 Å². The summed E-state index contributed by atoms with van der Waals surface area (Å²) in [5.74, 6) is -0.314. The molecule has 0 radical (unpaired) electrons. The van der Waals surface area contributed by atoms with Gasteiger partial charge in [0.25, 0.3) is 0 Å². The van der Waals surface area contributed by atoms with Crippen molar-refractivity contribution in [2.45, 2.75) is 37.8 Å². The zero-order valence-electron chi connectivity index (χ0n) is 11.4. The van der Waals surface area contributed by atoms with Crippen molar-refractivity contribution in [3.05, 3.63) is 0 Å². The first-order chi connectivity index (χ1) is 8.97. The smallest absolute Gasteiger partial charge is 0.326 e. The summed E-state index contributed by atoms with van der Waals surface area (Å²) in [6, 6.07) is -1.30. The predicted octanol–water partition coefficient (Wildman–Crippen LogP) is 1.06. The lowest BCUT2D eigenvalue weighted by molar-refractivity contribution is -0.139. The van der Waals surface area contributed by atoms with Crippen LogP contribution in [0.25, 0.3) is 0 Å². The number of thioether (sulfide) groups is 1. The van der Waals surface area contributed by atoms with Gasteiger partial charge in [-0.05, 0) is 38.2 Å². The number of carboxylic acids is 1. The molecule has 0 aromatic heterocycles. The fraction of sp³-hybridized carbons (Fsp3) is 0.833. The van der Waals surface area contributed by atoms with Gasteiger partial charge in [-0.3, -0.25) is 0 Å². The molecule has 2 amide bonds. The molecule has 1 aliphatic heterocycles. The number of nitrogens with one attached hydrogen (secondary N) is 2. The molecule has 7 heteroatoms. The zero-order valence-corrected chi connectivity index (χ0v) is 12.2. The van der Waals surface area contributed by atoms with Gasteiger partial charge in [-0.15, -0.1) is 0 Å². The normalized spacial score (nSPS) is 23.9. The molecule has 0 aromatic rings. The van der Waals surface area contributed by atoms with Crippen molar-refractivity contribution in [3.63, 3.8) is 0 Å². The Balaban J connectivity index is 2.33. The fourth-order valence-electron chi connectivity index (χ4n) is 1.95. The number of hydrogen-bond acceptors (Lipinski definition) is 4. The number of aliphatic carboxylic acids is 1. The minimum atomic E-state index is -1.01. The fourth-order valence-corrected chi connectivity index (χ4v) is 2.42. The van der Waals surface area contributed by atoms with E-state index >= 15 is 0 Å². The van der Waals surface area contributed by atoms with E-state index in [0.717, 1.165) is 12.8 Å². The van der Waals surface area contributed by atoms with Crippen molar-refractivity contribution in [1.29, 1.82) is 0 Å². The minimum Gasteiger partial charge on any atom is -0.480 e. The molecule has 19 heavy (non-hydrogen) atoms. The van der Waals surface area contributed by atoms with Gasteiger partial charge in [0.1, 0.15) is 6.04 Å². The molecule has 0 aromatic carbocycles. The molecule has 1 unspecified atom stereocenters. The molecular weight excluding hydrogens is 268 g/mol. The van der Waals surface area contributed by atoms with Gasteiger partial charge in [-0.2, -0.15) is 11.8 Å². The Kier molecular flexibility index (Phi) is 6.44. The molecule has 1 heterocycles. The Morgan fingerprint density at radius 2 is 2.26 bits per heavy atom. The van der Waals surface area contributed by atoms with Crippen LogP contribution in [0.1, 0.15) is 26.2 Å². The van der Waals surface area contributed by atoms with Gasteiger partial charge in [0, 0.05) is 13.2 Å². The maximum absolute atomic E-state index is 11.7. The van der Waals surface area contributed by atoms with E-state index in [1.165, 1.54) is 0 Å². The van der Waals surface area contributed by atoms with Crippen LogP contribution in [0.2, 0.25) is 0 Å². The summed E-state index contributed by atoms with van der Waals surface area (Å²) in [4.78, 5) is 22.7. The van der Waals surface area contributed by atoms with Crippen molar-refractivity contribution >= 4 is 23.8 Å². The lowest BCUT2D eigenvalue weighted by Gasteiger charge is -2.24. The van der Waals surface area contributed by atoms with Gasteiger partial charge < -0.3 is 20.5 Å². The van der Waals surface area contributed by atoms with Gasteiger partial charge in [-0.1, -0.05) is 0 Å². The summed E-state index contributed by atoms with van der Waals surface area (Å²) in [5.41, 5.74) is -0.324. The lowest BCUT2D eigenvalue weighted by atomic mass is 10.0. The van der Waals surface area contributed by atoms with Crippen LogP contribution < -0.4 is 10.6 Å². The van der Waals surface area contributed by atoms with E-state index in [9.17, 15) is 9.59 Å². The highest BCUT2D eigenvalue weighted by Gasteiger charge is 2.30. The Morgan fingerprint density at radius 3 is 2.79 bits per heavy atom. The van der Waals surface area contributed by atoms with Gasteiger partial charge in [0.15, 0.2) is 0 Å². The van der Waals surface area contributed by atoms with E-state index in [0.29, 0.717) is 25.3 Å². The SMILES string of the molecule is CSCC[C@@H](NC(=O)NCC1(C)CCCO1)C(=O)O. The van der Waals surface area contributed by atoms with Gasteiger partial charge in [0.05, 0.1) is 5.60 Å². The first-order valence-corrected chi connectivity index (χ1v) is 7.76. The molecule has 0 saturated carbocycles. The molecule has 1 aliphatic rings.